The maximum absolute atomic E-state index is 13.5. The SMILES string of the molecule is Cn1cncc1C[C@H](N)C(=O)N[C@@H](CCCCN)C(=O)N[C@@H](Cc1ccccc1)C(=O)N[C@H]([C-]=O)Cc1ccccc1.NC[C-]=O.[Cu+2]. The number of hydrogen-bond donors (Lipinski definition) is 6. The van der Waals surface area contributed by atoms with Gasteiger partial charge in [-0.15, -0.1) is 6.54 Å². The van der Waals surface area contributed by atoms with Gasteiger partial charge in [0.15, 0.2) is 0 Å². The Bertz CT molecular complexity index is 1360. The first-order valence-electron chi connectivity index (χ1n) is 15.0. The summed E-state index contributed by atoms with van der Waals surface area (Å²) < 4.78 is 1.77. The Morgan fingerprint density at radius 2 is 1.36 bits per heavy atom. The molecule has 0 unspecified atom stereocenters. The monoisotopic (exact) mass is 695 g/mol. The molecule has 1 aromatic heterocycles. The van der Waals surface area contributed by atoms with Crippen molar-refractivity contribution in [3.63, 3.8) is 0 Å². The van der Waals surface area contributed by atoms with Crippen LogP contribution in [0, 0.1) is 0 Å². The van der Waals surface area contributed by atoms with Gasteiger partial charge < -0.3 is 47.3 Å². The van der Waals surface area contributed by atoms with Crippen LogP contribution in [0.1, 0.15) is 36.1 Å². The van der Waals surface area contributed by atoms with Crippen molar-refractivity contribution >= 4 is 30.3 Å². The van der Waals surface area contributed by atoms with E-state index in [9.17, 15) is 19.2 Å². The average Bonchev–Trinajstić information content (AvgIpc) is 3.48. The van der Waals surface area contributed by atoms with Crippen molar-refractivity contribution in [1.82, 2.24) is 25.5 Å². The largest absolute Gasteiger partial charge is 2.00 e. The Labute approximate surface area is 286 Å². The van der Waals surface area contributed by atoms with Gasteiger partial charge in [0.2, 0.25) is 17.7 Å². The van der Waals surface area contributed by atoms with Crippen LogP contribution in [0.25, 0.3) is 0 Å². The molecule has 14 heteroatoms. The fourth-order valence-electron chi connectivity index (χ4n) is 4.52. The van der Waals surface area contributed by atoms with Gasteiger partial charge in [-0.05, 0) is 43.4 Å². The number of aromatic nitrogens is 2. The van der Waals surface area contributed by atoms with Crippen LogP contribution in [-0.4, -0.2) is 77.1 Å². The first kappa shape index (κ1) is 40.8. The van der Waals surface area contributed by atoms with E-state index in [1.54, 1.807) is 24.1 Å². The molecule has 0 spiro atoms. The summed E-state index contributed by atoms with van der Waals surface area (Å²) in [5.41, 5.74) is 18.9. The molecule has 0 aliphatic carbocycles. The minimum absolute atomic E-state index is 0. The summed E-state index contributed by atoms with van der Waals surface area (Å²) >= 11 is 0. The predicted octanol–water partition coefficient (Wildman–Crippen LogP) is -0.479. The molecule has 0 bridgehead atoms. The number of carbonyl (C=O) groups is 3. The van der Waals surface area contributed by atoms with Crippen molar-refractivity contribution in [1.29, 1.82) is 0 Å². The first-order chi connectivity index (χ1) is 22.2. The molecule has 47 heavy (non-hydrogen) atoms. The van der Waals surface area contributed by atoms with Gasteiger partial charge in [-0.2, -0.15) is 0 Å². The number of imidazole rings is 1. The van der Waals surface area contributed by atoms with Crippen LogP contribution in [-0.2, 0) is 67.4 Å². The van der Waals surface area contributed by atoms with E-state index < -0.39 is 41.9 Å². The van der Waals surface area contributed by atoms with Crippen molar-refractivity contribution in [3.8, 4) is 0 Å². The van der Waals surface area contributed by atoms with Crippen LogP contribution in [0.15, 0.2) is 73.2 Å². The predicted molar refractivity (Wildman–Crippen MR) is 174 cm³/mol. The molecule has 257 valence electrons. The van der Waals surface area contributed by atoms with E-state index in [1.807, 2.05) is 66.9 Å². The summed E-state index contributed by atoms with van der Waals surface area (Å²) in [4.78, 5) is 64.7. The van der Waals surface area contributed by atoms with E-state index in [1.165, 1.54) is 6.29 Å². The molecule has 0 fully saturated rings. The number of benzene rings is 2. The van der Waals surface area contributed by atoms with Crippen molar-refractivity contribution in [2.24, 2.45) is 24.2 Å². The topological polar surface area (TPSA) is 217 Å². The number of nitrogens with one attached hydrogen (secondary N) is 3. The summed E-state index contributed by atoms with van der Waals surface area (Å²) in [6.45, 7) is 0.451. The summed E-state index contributed by atoms with van der Waals surface area (Å²) in [5.74, 6) is -1.55. The van der Waals surface area contributed by atoms with Gasteiger partial charge in [0.25, 0.3) is 0 Å². The van der Waals surface area contributed by atoms with E-state index >= 15 is 0 Å². The zero-order chi connectivity index (χ0) is 33.7. The molecule has 9 N–H and O–H groups in total. The van der Waals surface area contributed by atoms with Crippen LogP contribution >= 0.6 is 0 Å². The third-order valence-electron chi connectivity index (χ3n) is 7.00. The Morgan fingerprint density at radius 1 is 0.809 bits per heavy atom. The van der Waals surface area contributed by atoms with Gasteiger partial charge >= 0.3 is 17.1 Å². The molecule has 3 amide bonds. The van der Waals surface area contributed by atoms with E-state index in [0.717, 1.165) is 16.8 Å². The smallest absolute Gasteiger partial charge is 0.541 e. The van der Waals surface area contributed by atoms with Crippen LogP contribution < -0.4 is 33.2 Å². The van der Waals surface area contributed by atoms with Crippen molar-refractivity contribution in [3.05, 3.63) is 90.0 Å². The van der Waals surface area contributed by atoms with Crippen LogP contribution in [0.3, 0.4) is 0 Å². The Hall–Kier alpha value is -4.20. The zero-order valence-electron chi connectivity index (χ0n) is 26.4. The minimum Gasteiger partial charge on any atom is -0.541 e. The quantitative estimate of drug-likeness (QED) is 0.0575. The average molecular weight is 696 g/mol. The second-order valence-electron chi connectivity index (χ2n) is 10.6. The molecule has 1 radical (unpaired) electrons. The molecular formula is C33H44CuN8O5. The molecule has 0 aliphatic heterocycles. The van der Waals surface area contributed by atoms with Gasteiger partial charge in [-0.25, -0.2) is 11.3 Å². The van der Waals surface area contributed by atoms with Gasteiger partial charge in [0.1, 0.15) is 12.1 Å². The van der Waals surface area contributed by atoms with Crippen LogP contribution in [0.2, 0.25) is 0 Å². The first-order valence-corrected chi connectivity index (χ1v) is 15.0. The minimum atomic E-state index is -1.01. The standard InChI is InChI=1S/C31H40N7O4.C2H4NO.Cu/c1-38-21-34-19-25(38)18-26(33)29(40)36-27(14-8-9-15-32)30(41)37-28(17-23-12-6-3-7-13-23)31(42)35-24(20-39)16-22-10-4-2-5-11-22;3-1-2-4;/h2-7,10-13,19,21,24,26-28H,8-9,14-18,32-33H2,1H3,(H,35,42)(H,36,40)(H,37,41);1,3H2;/q2*-1;+2/t24-,26-,27-,28-;;/m0../s1. The Morgan fingerprint density at radius 3 is 1.87 bits per heavy atom. The summed E-state index contributed by atoms with van der Waals surface area (Å²) in [5, 5.41) is 8.27. The third kappa shape index (κ3) is 15.3. The third-order valence-corrected chi connectivity index (χ3v) is 7.00. The van der Waals surface area contributed by atoms with Crippen molar-refractivity contribution in [2.75, 3.05) is 13.1 Å². The second kappa shape index (κ2) is 23.2. The number of nitrogens with two attached hydrogens (primary N) is 3. The summed E-state index contributed by atoms with van der Waals surface area (Å²) in [7, 11) is 1.81. The molecule has 2 aromatic carbocycles. The van der Waals surface area contributed by atoms with Crippen LogP contribution in [0.4, 0.5) is 0 Å². The van der Waals surface area contributed by atoms with Gasteiger partial charge in [-0.1, -0.05) is 66.7 Å². The maximum atomic E-state index is 13.5. The summed E-state index contributed by atoms with van der Waals surface area (Å²) in [6, 6.07) is 14.7. The Kier molecular flexibility index (Phi) is 20.1. The Balaban J connectivity index is 0.00000208. The van der Waals surface area contributed by atoms with Crippen molar-refractivity contribution < 1.29 is 41.0 Å². The normalized spacial score (nSPS) is 12.9. The van der Waals surface area contributed by atoms with E-state index in [2.05, 4.69) is 26.7 Å². The number of carbonyl (C=O) groups excluding carboxylic acids is 5. The van der Waals surface area contributed by atoms with Gasteiger partial charge in [-0.3, -0.25) is 20.7 Å². The number of rotatable bonds is 18. The molecule has 0 aliphatic rings. The fraction of sp³-hybridized carbons (Fsp3) is 0.394. The molecule has 3 aromatic rings. The van der Waals surface area contributed by atoms with E-state index in [0.29, 0.717) is 25.8 Å². The fourth-order valence-corrected chi connectivity index (χ4v) is 4.52. The molecule has 13 nitrogen and oxygen atoms in total. The molecular weight excluding hydrogens is 652 g/mol. The van der Waals surface area contributed by atoms with E-state index in [-0.39, 0.29) is 42.9 Å². The molecule has 3 rings (SSSR count). The number of amides is 3. The van der Waals surface area contributed by atoms with Crippen LogP contribution in [0.5, 0.6) is 0 Å². The number of aryl methyl sites for hydroxylation is 1. The summed E-state index contributed by atoms with van der Waals surface area (Å²) in [6.07, 6.45) is 8.83. The second-order valence-corrected chi connectivity index (χ2v) is 10.6. The molecule has 0 saturated heterocycles. The zero-order valence-corrected chi connectivity index (χ0v) is 27.3. The molecule has 1 heterocycles. The molecule has 4 atom stereocenters. The molecule has 0 saturated carbocycles. The number of nitrogens with zero attached hydrogens (tertiary/aromatic N) is 2. The van der Waals surface area contributed by atoms with Gasteiger partial charge in [0.05, 0.1) is 12.4 Å². The van der Waals surface area contributed by atoms with Crippen molar-refractivity contribution in [2.45, 2.75) is 62.7 Å². The maximum Gasteiger partial charge on any atom is 2.00 e. The van der Waals surface area contributed by atoms with Gasteiger partial charge in [0, 0.05) is 31.8 Å². The number of hydrogen-bond acceptors (Lipinski definition) is 9. The number of unbranched alkanes of at least 4 members (excludes halogenated alkanes) is 1. The van der Waals surface area contributed by atoms with E-state index in [4.69, 9.17) is 16.3 Å².